The average molecular weight is 326 g/mol. The Balaban J connectivity index is 2.02. The molecule has 1 aliphatic heterocycles. The van der Waals surface area contributed by atoms with Crippen molar-refractivity contribution in [1.29, 1.82) is 0 Å². The van der Waals surface area contributed by atoms with E-state index in [2.05, 4.69) is 10.3 Å². The van der Waals surface area contributed by atoms with Gasteiger partial charge >= 0.3 is 0 Å². The zero-order chi connectivity index (χ0) is 17.1. The number of amides is 1. The molecule has 1 aliphatic rings. The highest BCUT2D eigenvalue weighted by atomic mass is 19.1. The van der Waals surface area contributed by atoms with Gasteiger partial charge in [-0.05, 0) is 35.9 Å². The first-order valence-electron chi connectivity index (χ1n) is 7.21. The second-order valence-corrected chi connectivity index (χ2v) is 5.03. The quantitative estimate of drug-likeness (QED) is 0.879. The zero-order valence-electron chi connectivity index (χ0n) is 13.2. The minimum absolute atomic E-state index is 0.226. The molecule has 2 aromatic rings. The van der Waals surface area contributed by atoms with Gasteiger partial charge in [-0.2, -0.15) is 0 Å². The van der Waals surface area contributed by atoms with Crippen LogP contribution >= 0.6 is 0 Å². The molecule has 1 amide bonds. The second kappa shape index (κ2) is 6.54. The fourth-order valence-corrected chi connectivity index (χ4v) is 2.39. The Labute approximate surface area is 138 Å². The van der Waals surface area contributed by atoms with Crippen molar-refractivity contribution in [2.45, 2.75) is 0 Å². The third-order valence-electron chi connectivity index (χ3n) is 3.53. The van der Waals surface area contributed by atoms with Gasteiger partial charge < -0.3 is 14.8 Å². The molecule has 0 aliphatic carbocycles. The van der Waals surface area contributed by atoms with Gasteiger partial charge in [-0.1, -0.05) is 18.2 Å². The molecular formula is C18H15FN2O3. The van der Waals surface area contributed by atoms with Crippen molar-refractivity contribution in [2.24, 2.45) is 4.99 Å². The van der Waals surface area contributed by atoms with E-state index in [1.807, 2.05) is 0 Å². The Morgan fingerprint density at radius 1 is 1.04 bits per heavy atom. The van der Waals surface area contributed by atoms with Crippen LogP contribution in [0.15, 0.2) is 53.2 Å². The first-order chi connectivity index (χ1) is 11.6. The third kappa shape index (κ3) is 2.99. The molecule has 6 heteroatoms. The molecule has 0 radical (unpaired) electrons. The number of aliphatic imine (C=N–C) groups is 1. The number of halogens is 1. The fraction of sp³-hybridized carbons (Fsp3) is 0.111. The Morgan fingerprint density at radius 3 is 2.25 bits per heavy atom. The van der Waals surface area contributed by atoms with Gasteiger partial charge in [0.2, 0.25) is 0 Å². The fourth-order valence-electron chi connectivity index (χ4n) is 2.39. The SMILES string of the molecule is COc1cccc(OC)c1C1=N/C(=C/c2ccc(F)cc2)C(=O)N1. The van der Waals surface area contributed by atoms with Crippen molar-refractivity contribution in [1.82, 2.24) is 5.32 Å². The summed E-state index contributed by atoms with van der Waals surface area (Å²) in [5, 5.41) is 2.71. The first kappa shape index (κ1) is 15.7. The number of carbonyl (C=O) groups excluding carboxylic acids is 1. The maximum absolute atomic E-state index is 13.0. The van der Waals surface area contributed by atoms with E-state index in [1.54, 1.807) is 36.4 Å². The van der Waals surface area contributed by atoms with E-state index in [1.165, 1.54) is 26.4 Å². The molecular weight excluding hydrogens is 311 g/mol. The monoisotopic (exact) mass is 326 g/mol. The van der Waals surface area contributed by atoms with Gasteiger partial charge in [-0.25, -0.2) is 9.38 Å². The molecule has 0 saturated carbocycles. The Kier molecular flexibility index (Phi) is 4.29. The highest BCUT2D eigenvalue weighted by molar-refractivity contribution is 6.21. The van der Waals surface area contributed by atoms with Crippen molar-refractivity contribution in [3.8, 4) is 11.5 Å². The van der Waals surface area contributed by atoms with Crippen LogP contribution in [-0.4, -0.2) is 26.0 Å². The third-order valence-corrected chi connectivity index (χ3v) is 3.53. The number of nitrogens with zero attached hydrogens (tertiary/aromatic N) is 1. The molecule has 1 N–H and O–H groups in total. The van der Waals surface area contributed by atoms with Crippen molar-refractivity contribution in [3.63, 3.8) is 0 Å². The summed E-state index contributed by atoms with van der Waals surface area (Å²) in [6.45, 7) is 0. The van der Waals surface area contributed by atoms with Crippen LogP contribution in [0.2, 0.25) is 0 Å². The number of methoxy groups -OCH3 is 2. The molecule has 0 spiro atoms. The van der Waals surface area contributed by atoms with Crippen LogP contribution in [0.4, 0.5) is 4.39 Å². The smallest absolute Gasteiger partial charge is 0.275 e. The predicted octanol–water partition coefficient (Wildman–Crippen LogP) is 2.76. The lowest BCUT2D eigenvalue weighted by atomic mass is 10.1. The summed E-state index contributed by atoms with van der Waals surface area (Å²) in [5.74, 6) is 0.744. The van der Waals surface area contributed by atoms with Gasteiger partial charge in [0.25, 0.3) is 5.91 Å². The van der Waals surface area contributed by atoms with Crippen molar-refractivity contribution >= 4 is 17.8 Å². The van der Waals surface area contributed by atoms with Crippen molar-refractivity contribution < 1.29 is 18.7 Å². The van der Waals surface area contributed by atoms with Crippen LogP contribution in [-0.2, 0) is 4.79 Å². The summed E-state index contributed by atoms with van der Waals surface area (Å²) in [6.07, 6.45) is 1.59. The Morgan fingerprint density at radius 2 is 1.67 bits per heavy atom. The van der Waals surface area contributed by atoms with Gasteiger partial charge in [0.15, 0.2) is 0 Å². The molecule has 0 saturated heterocycles. The van der Waals surface area contributed by atoms with Gasteiger partial charge in [0.1, 0.15) is 34.4 Å². The summed E-state index contributed by atoms with van der Waals surface area (Å²) < 4.78 is 23.6. The van der Waals surface area contributed by atoms with E-state index in [-0.39, 0.29) is 17.4 Å². The molecule has 5 nitrogen and oxygen atoms in total. The predicted molar refractivity (Wildman–Crippen MR) is 88.6 cm³/mol. The lowest BCUT2D eigenvalue weighted by Gasteiger charge is -2.12. The molecule has 3 rings (SSSR count). The van der Waals surface area contributed by atoms with E-state index in [9.17, 15) is 9.18 Å². The molecule has 0 bridgehead atoms. The highest BCUT2D eigenvalue weighted by Crippen LogP contribution is 2.30. The standard InChI is InChI=1S/C18H15FN2O3/c1-23-14-4-3-5-15(24-2)16(14)17-20-13(18(22)21-17)10-11-6-8-12(19)9-7-11/h3-10H,1-2H3,(H,20,21,22)/b13-10+. The van der Waals surface area contributed by atoms with Crippen LogP contribution in [0.3, 0.4) is 0 Å². The Bertz CT molecular complexity index is 820. The number of hydrogen-bond acceptors (Lipinski definition) is 4. The number of nitrogens with one attached hydrogen (secondary N) is 1. The van der Waals surface area contributed by atoms with Crippen LogP contribution in [0.5, 0.6) is 11.5 Å². The molecule has 24 heavy (non-hydrogen) atoms. The number of hydrogen-bond donors (Lipinski definition) is 1. The van der Waals surface area contributed by atoms with Gasteiger partial charge in [-0.3, -0.25) is 4.79 Å². The van der Waals surface area contributed by atoms with Crippen LogP contribution in [0.1, 0.15) is 11.1 Å². The normalized spacial score (nSPS) is 15.2. The Hall–Kier alpha value is -3.15. The van der Waals surface area contributed by atoms with Crippen molar-refractivity contribution in [2.75, 3.05) is 14.2 Å². The number of ether oxygens (including phenoxy) is 2. The topological polar surface area (TPSA) is 59.9 Å². The second-order valence-electron chi connectivity index (χ2n) is 5.03. The molecule has 0 atom stereocenters. The largest absolute Gasteiger partial charge is 0.496 e. The average Bonchev–Trinajstić information content (AvgIpc) is 2.96. The van der Waals surface area contributed by atoms with E-state index in [0.717, 1.165) is 0 Å². The maximum Gasteiger partial charge on any atom is 0.275 e. The maximum atomic E-state index is 13.0. The lowest BCUT2D eigenvalue weighted by Crippen LogP contribution is -2.25. The summed E-state index contributed by atoms with van der Waals surface area (Å²) in [6, 6.07) is 11.1. The van der Waals surface area contributed by atoms with E-state index < -0.39 is 0 Å². The van der Waals surface area contributed by atoms with E-state index >= 15 is 0 Å². The number of carbonyl (C=O) groups is 1. The molecule has 2 aromatic carbocycles. The van der Waals surface area contributed by atoms with E-state index in [0.29, 0.717) is 28.5 Å². The van der Waals surface area contributed by atoms with Crippen LogP contribution < -0.4 is 14.8 Å². The van der Waals surface area contributed by atoms with Gasteiger partial charge in [0.05, 0.1) is 14.2 Å². The van der Waals surface area contributed by atoms with Crippen LogP contribution in [0, 0.1) is 5.82 Å². The number of amidine groups is 1. The highest BCUT2D eigenvalue weighted by Gasteiger charge is 2.26. The summed E-state index contributed by atoms with van der Waals surface area (Å²) in [4.78, 5) is 16.5. The molecule has 0 fully saturated rings. The van der Waals surface area contributed by atoms with Gasteiger partial charge in [-0.15, -0.1) is 0 Å². The minimum Gasteiger partial charge on any atom is -0.496 e. The summed E-state index contributed by atoms with van der Waals surface area (Å²) in [7, 11) is 3.07. The molecule has 1 heterocycles. The molecule has 0 unspecified atom stereocenters. The minimum atomic E-state index is -0.345. The van der Waals surface area contributed by atoms with Gasteiger partial charge in [0, 0.05) is 0 Å². The zero-order valence-corrected chi connectivity index (χ0v) is 13.2. The first-order valence-corrected chi connectivity index (χ1v) is 7.21. The van der Waals surface area contributed by atoms with Crippen LogP contribution in [0.25, 0.3) is 6.08 Å². The van der Waals surface area contributed by atoms with Crippen molar-refractivity contribution in [3.05, 3.63) is 65.1 Å². The summed E-state index contributed by atoms with van der Waals surface area (Å²) >= 11 is 0. The molecule has 122 valence electrons. The number of rotatable bonds is 4. The lowest BCUT2D eigenvalue weighted by molar-refractivity contribution is -0.115. The number of benzene rings is 2. The van der Waals surface area contributed by atoms with E-state index in [4.69, 9.17) is 9.47 Å². The summed E-state index contributed by atoms with van der Waals surface area (Å²) in [5.41, 5.74) is 1.47. The molecule has 0 aromatic heterocycles.